The lowest BCUT2D eigenvalue weighted by atomic mass is 9.97. The number of halogens is 3. The second-order valence-electron chi connectivity index (χ2n) is 4.11. The summed E-state index contributed by atoms with van der Waals surface area (Å²) in [5.41, 5.74) is 0.868. The highest BCUT2D eigenvalue weighted by atomic mass is 19.4. The molecule has 0 radical (unpaired) electrons. The van der Waals surface area contributed by atoms with Crippen LogP contribution in [0.2, 0.25) is 0 Å². The van der Waals surface area contributed by atoms with Crippen LogP contribution in [0, 0.1) is 5.92 Å². The molecule has 2 nitrogen and oxygen atoms in total. The van der Waals surface area contributed by atoms with Crippen LogP contribution in [0.4, 0.5) is 13.2 Å². The Morgan fingerprint density at radius 3 is 2.12 bits per heavy atom. The molecular weight excluding hydrogens is 233 g/mol. The topological polar surface area (TPSA) is 29.5 Å². The van der Waals surface area contributed by atoms with Crippen molar-refractivity contribution in [2.75, 3.05) is 0 Å². The van der Waals surface area contributed by atoms with Crippen molar-refractivity contribution >= 4 is 0 Å². The first-order valence-electron chi connectivity index (χ1n) is 5.30. The quantitative estimate of drug-likeness (QED) is 0.887. The Hall–Kier alpha value is -1.23. The zero-order valence-corrected chi connectivity index (χ0v) is 9.66. The maximum Gasteiger partial charge on any atom is 0.573 e. The van der Waals surface area contributed by atoms with E-state index in [0.717, 1.165) is 5.56 Å². The van der Waals surface area contributed by atoms with Crippen molar-refractivity contribution in [3.63, 3.8) is 0 Å². The highest BCUT2D eigenvalue weighted by Gasteiger charge is 2.30. The molecule has 0 fully saturated rings. The van der Waals surface area contributed by atoms with Gasteiger partial charge in [0.05, 0.1) is 6.10 Å². The van der Waals surface area contributed by atoms with Gasteiger partial charge in [0.25, 0.3) is 0 Å². The number of hydrogen-bond donors (Lipinski definition) is 1. The molecule has 96 valence electrons. The lowest BCUT2D eigenvalue weighted by molar-refractivity contribution is -0.274. The molecule has 0 aliphatic rings. The summed E-state index contributed by atoms with van der Waals surface area (Å²) in [6, 6.07) is 5.69. The maximum atomic E-state index is 11.9. The number of rotatable bonds is 4. The molecule has 0 amide bonds. The summed E-state index contributed by atoms with van der Waals surface area (Å²) >= 11 is 0. The number of alkyl halides is 3. The minimum Gasteiger partial charge on any atom is -0.406 e. The van der Waals surface area contributed by atoms with E-state index in [9.17, 15) is 18.3 Å². The fraction of sp³-hybridized carbons (Fsp3) is 0.500. The molecule has 0 bridgehead atoms. The van der Waals surface area contributed by atoms with E-state index < -0.39 is 12.5 Å². The van der Waals surface area contributed by atoms with Crippen molar-refractivity contribution in [1.82, 2.24) is 0 Å². The predicted molar refractivity (Wildman–Crippen MR) is 57.7 cm³/mol. The van der Waals surface area contributed by atoms with Crippen LogP contribution < -0.4 is 4.74 Å². The van der Waals surface area contributed by atoms with Crippen LogP contribution in [0.5, 0.6) is 5.75 Å². The summed E-state index contributed by atoms with van der Waals surface area (Å²) in [5.74, 6) is -0.171. The molecule has 0 aromatic heterocycles. The van der Waals surface area contributed by atoms with Crippen LogP contribution in [0.15, 0.2) is 24.3 Å². The van der Waals surface area contributed by atoms with E-state index >= 15 is 0 Å². The van der Waals surface area contributed by atoms with Crippen LogP contribution in [0.3, 0.4) is 0 Å². The normalized spacial score (nSPS) is 15.4. The Morgan fingerprint density at radius 1 is 1.18 bits per heavy atom. The Kier molecular flexibility index (Phi) is 4.40. The average Bonchev–Trinajstić information content (AvgIpc) is 2.18. The number of aliphatic hydroxyl groups is 1. The predicted octanol–water partition coefficient (Wildman–Crippen LogP) is 3.14. The molecule has 0 heterocycles. The van der Waals surface area contributed by atoms with Gasteiger partial charge in [-0.3, -0.25) is 0 Å². The van der Waals surface area contributed by atoms with Crippen LogP contribution in [-0.4, -0.2) is 17.6 Å². The highest BCUT2D eigenvalue weighted by molar-refractivity contribution is 5.27. The standard InChI is InChI=1S/C12H15F3O2/c1-8(9(2)16)7-10-3-5-11(6-4-10)17-12(13,14)15/h3-6,8-9,16H,7H2,1-2H3. The monoisotopic (exact) mass is 248 g/mol. The third-order valence-electron chi connectivity index (χ3n) is 2.54. The third-order valence-corrected chi connectivity index (χ3v) is 2.54. The zero-order chi connectivity index (χ0) is 13.1. The first-order valence-corrected chi connectivity index (χ1v) is 5.30. The van der Waals surface area contributed by atoms with E-state index in [4.69, 9.17) is 0 Å². The molecule has 0 saturated heterocycles. The van der Waals surface area contributed by atoms with Crippen molar-refractivity contribution in [2.24, 2.45) is 5.92 Å². The minimum absolute atomic E-state index is 0.0596. The summed E-state index contributed by atoms with van der Waals surface area (Å²) in [6.07, 6.45) is -4.49. The second-order valence-corrected chi connectivity index (χ2v) is 4.11. The molecule has 1 aromatic rings. The van der Waals surface area contributed by atoms with Gasteiger partial charge in [-0.1, -0.05) is 19.1 Å². The number of hydrogen-bond acceptors (Lipinski definition) is 2. The van der Waals surface area contributed by atoms with Gasteiger partial charge in [0, 0.05) is 0 Å². The smallest absolute Gasteiger partial charge is 0.406 e. The summed E-state index contributed by atoms with van der Waals surface area (Å²) in [7, 11) is 0. The van der Waals surface area contributed by atoms with Gasteiger partial charge >= 0.3 is 6.36 Å². The van der Waals surface area contributed by atoms with E-state index in [0.29, 0.717) is 6.42 Å². The van der Waals surface area contributed by atoms with E-state index in [1.807, 2.05) is 6.92 Å². The summed E-state index contributed by atoms with van der Waals surface area (Å²) in [6.45, 7) is 3.57. The van der Waals surface area contributed by atoms with Gasteiger partial charge in [0.1, 0.15) is 5.75 Å². The zero-order valence-electron chi connectivity index (χ0n) is 9.66. The van der Waals surface area contributed by atoms with Crippen molar-refractivity contribution < 1.29 is 23.0 Å². The van der Waals surface area contributed by atoms with Crippen molar-refractivity contribution in [2.45, 2.75) is 32.7 Å². The fourth-order valence-electron chi connectivity index (χ4n) is 1.37. The first-order chi connectivity index (χ1) is 7.78. The SMILES string of the molecule is CC(O)C(C)Cc1ccc(OC(F)(F)F)cc1. The Bertz CT molecular complexity index is 344. The van der Waals surface area contributed by atoms with E-state index in [2.05, 4.69) is 4.74 Å². The third kappa shape index (κ3) is 5.08. The molecule has 0 aliphatic carbocycles. The Labute approximate surface area is 98.0 Å². The van der Waals surface area contributed by atoms with Gasteiger partial charge in [0.2, 0.25) is 0 Å². The van der Waals surface area contributed by atoms with Gasteiger partial charge in [-0.05, 0) is 37.0 Å². The number of aliphatic hydroxyl groups excluding tert-OH is 1. The Balaban J connectivity index is 2.62. The molecule has 2 unspecified atom stereocenters. The molecule has 0 saturated carbocycles. The highest BCUT2D eigenvalue weighted by Crippen LogP contribution is 2.23. The van der Waals surface area contributed by atoms with Gasteiger partial charge < -0.3 is 9.84 Å². The van der Waals surface area contributed by atoms with E-state index in [1.165, 1.54) is 12.1 Å². The second kappa shape index (κ2) is 5.40. The van der Waals surface area contributed by atoms with Gasteiger partial charge in [0.15, 0.2) is 0 Å². The van der Waals surface area contributed by atoms with Crippen LogP contribution in [0.1, 0.15) is 19.4 Å². The lowest BCUT2D eigenvalue weighted by Gasteiger charge is -2.15. The Morgan fingerprint density at radius 2 is 1.71 bits per heavy atom. The molecular formula is C12H15F3O2. The van der Waals surface area contributed by atoms with Crippen molar-refractivity contribution in [1.29, 1.82) is 0 Å². The molecule has 2 atom stereocenters. The van der Waals surface area contributed by atoms with Gasteiger partial charge in [-0.2, -0.15) is 0 Å². The molecule has 0 aliphatic heterocycles. The van der Waals surface area contributed by atoms with Gasteiger partial charge in [-0.25, -0.2) is 0 Å². The molecule has 1 N–H and O–H groups in total. The van der Waals surface area contributed by atoms with Crippen LogP contribution >= 0.6 is 0 Å². The van der Waals surface area contributed by atoms with E-state index in [-0.39, 0.29) is 11.7 Å². The van der Waals surface area contributed by atoms with Crippen molar-refractivity contribution in [3.8, 4) is 5.75 Å². The minimum atomic E-state index is -4.66. The number of benzene rings is 1. The molecule has 5 heteroatoms. The van der Waals surface area contributed by atoms with Crippen LogP contribution in [0.25, 0.3) is 0 Å². The summed E-state index contributed by atoms with van der Waals surface area (Å²) in [4.78, 5) is 0. The summed E-state index contributed by atoms with van der Waals surface area (Å²) in [5, 5.41) is 9.32. The number of ether oxygens (including phenoxy) is 1. The van der Waals surface area contributed by atoms with E-state index in [1.54, 1.807) is 19.1 Å². The molecule has 17 heavy (non-hydrogen) atoms. The average molecular weight is 248 g/mol. The van der Waals surface area contributed by atoms with Gasteiger partial charge in [-0.15, -0.1) is 13.2 Å². The largest absolute Gasteiger partial charge is 0.573 e. The first kappa shape index (κ1) is 13.8. The van der Waals surface area contributed by atoms with Crippen molar-refractivity contribution in [3.05, 3.63) is 29.8 Å². The molecule has 0 spiro atoms. The van der Waals surface area contributed by atoms with Crippen LogP contribution in [-0.2, 0) is 6.42 Å². The molecule has 1 rings (SSSR count). The fourth-order valence-corrected chi connectivity index (χ4v) is 1.37. The lowest BCUT2D eigenvalue weighted by Crippen LogP contribution is -2.17. The maximum absolute atomic E-state index is 11.9. The molecule has 1 aromatic carbocycles. The summed E-state index contributed by atoms with van der Waals surface area (Å²) < 4.78 is 39.5.